The molecule has 2 aromatic rings. The molecule has 1 aliphatic carbocycles. The van der Waals surface area contributed by atoms with E-state index >= 15 is 0 Å². The van der Waals surface area contributed by atoms with Gasteiger partial charge in [0.15, 0.2) is 5.78 Å². The quantitative estimate of drug-likeness (QED) is 0.674. The molecule has 1 amide bonds. The molecule has 0 unspecified atom stereocenters. The van der Waals surface area contributed by atoms with Crippen LogP contribution in [-0.4, -0.2) is 11.7 Å². The van der Waals surface area contributed by atoms with Gasteiger partial charge in [0, 0.05) is 10.7 Å². The summed E-state index contributed by atoms with van der Waals surface area (Å²) in [6.07, 6.45) is 3.06. The molecule has 23 heavy (non-hydrogen) atoms. The van der Waals surface area contributed by atoms with Gasteiger partial charge in [-0.05, 0) is 54.3 Å². The fourth-order valence-corrected chi connectivity index (χ4v) is 2.81. The van der Waals surface area contributed by atoms with Gasteiger partial charge in [0.05, 0.1) is 0 Å². The summed E-state index contributed by atoms with van der Waals surface area (Å²) in [4.78, 5) is 24.8. The summed E-state index contributed by atoms with van der Waals surface area (Å²) in [6.45, 7) is 0. The lowest BCUT2D eigenvalue weighted by molar-refractivity contribution is -0.127. The van der Waals surface area contributed by atoms with Crippen LogP contribution in [0, 0.1) is 5.92 Å². The monoisotopic (exact) mass is 325 g/mol. The molecule has 4 heteroatoms. The third-order valence-corrected chi connectivity index (χ3v) is 4.16. The van der Waals surface area contributed by atoms with Crippen molar-refractivity contribution in [2.24, 2.45) is 5.92 Å². The zero-order chi connectivity index (χ0) is 16.2. The van der Waals surface area contributed by atoms with E-state index in [9.17, 15) is 9.59 Å². The maximum atomic E-state index is 12.4. The normalized spacial score (nSPS) is 19.1. The Morgan fingerprint density at radius 1 is 1.09 bits per heavy atom. The summed E-state index contributed by atoms with van der Waals surface area (Å²) in [5.41, 5.74) is 2.34. The molecule has 0 heterocycles. The molecule has 116 valence electrons. The van der Waals surface area contributed by atoms with E-state index in [0.29, 0.717) is 29.1 Å². The van der Waals surface area contributed by atoms with Gasteiger partial charge in [-0.1, -0.05) is 41.9 Å². The van der Waals surface area contributed by atoms with Gasteiger partial charge < -0.3 is 5.32 Å². The highest BCUT2D eigenvalue weighted by Crippen LogP contribution is 2.29. The van der Waals surface area contributed by atoms with Crippen molar-refractivity contribution in [3.63, 3.8) is 0 Å². The Balaban J connectivity index is 1.70. The van der Waals surface area contributed by atoms with Crippen molar-refractivity contribution in [3.8, 4) is 0 Å². The third-order valence-electron chi connectivity index (χ3n) is 3.90. The fourth-order valence-electron chi connectivity index (χ4n) is 2.68. The molecule has 3 nitrogen and oxygen atoms in total. The number of hydrogen-bond acceptors (Lipinski definition) is 2. The molecular formula is C19H16ClNO2. The van der Waals surface area contributed by atoms with Crippen molar-refractivity contribution in [3.05, 3.63) is 70.8 Å². The van der Waals surface area contributed by atoms with E-state index in [0.717, 1.165) is 5.56 Å². The van der Waals surface area contributed by atoms with Gasteiger partial charge in [0.1, 0.15) is 5.92 Å². The van der Waals surface area contributed by atoms with Crippen molar-refractivity contribution in [2.75, 3.05) is 5.32 Å². The van der Waals surface area contributed by atoms with Crippen LogP contribution in [0.25, 0.3) is 6.08 Å². The predicted molar refractivity (Wildman–Crippen MR) is 92.2 cm³/mol. The second-order valence-corrected chi connectivity index (χ2v) is 5.97. The first kappa shape index (κ1) is 15.5. The molecule has 0 bridgehead atoms. The van der Waals surface area contributed by atoms with Gasteiger partial charge in [-0.3, -0.25) is 9.59 Å². The number of carbonyl (C=O) groups excluding carboxylic acids is 2. The van der Waals surface area contributed by atoms with Crippen LogP contribution in [0.1, 0.15) is 18.4 Å². The van der Waals surface area contributed by atoms with Crippen LogP contribution in [0.5, 0.6) is 0 Å². The molecule has 3 rings (SSSR count). The summed E-state index contributed by atoms with van der Waals surface area (Å²) in [5.74, 6) is -0.949. The fraction of sp³-hybridized carbons (Fsp3) is 0.158. The van der Waals surface area contributed by atoms with Crippen LogP contribution >= 0.6 is 11.6 Å². The third kappa shape index (κ3) is 3.69. The van der Waals surface area contributed by atoms with Crippen molar-refractivity contribution >= 4 is 35.1 Å². The lowest BCUT2D eigenvalue weighted by atomic mass is 10.0. The van der Waals surface area contributed by atoms with E-state index in [1.54, 1.807) is 24.3 Å². The average Bonchev–Trinajstić information content (AvgIpc) is 2.92. The number of nitrogens with one attached hydrogen (secondary N) is 1. The summed E-state index contributed by atoms with van der Waals surface area (Å²) >= 11 is 5.82. The number of halogens is 1. The first-order valence-electron chi connectivity index (χ1n) is 7.50. The summed E-state index contributed by atoms with van der Waals surface area (Å²) in [6, 6.07) is 16.5. The number of rotatable bonds is 3. The molecule has 1 aliphatic rings. The number of allylic oxidation sites excluding steroid dienone is 1. The Morgan fingerprint density at radius 3 is 2.48 bits per heavy atom. The first-order valence-corrected chi connectivity index (χ1v) is 7.87. The Bertz CT molecular complexity index is 751. The van der Waals surface area contributed by atoms with Crippen molar-refractivity contribution < 1.29 is 9.59 Å². The van der Waals surface area contributed by atoms with Crippen LogP contribution in [-0.2, 0) is 9.59 Å². The molecule has 0 spiro atoms. The van der Waals surface area contributed by atoms with Crippen LogP contribution < -0.4 is 5.32 Å². The van der Waals surface area contributed by atoms with Crippen LogP contribution in [0.3, 0.4) is 0 Å². The maximum Gasteiger partial charge on any atom is 0.235 e. The molecule has 0 aromatic heterocycles. The van der Waals surface area contributed by atoms with Gasteiger partial charge in [-0.25, -0.2) is 0 Å². The van der Waals surface area contributed by atoms with Crippen molar-refractivity contribution in [2.45, 2.75) is 12.8 Å². The van der Waals surface area contributed by atoms with E-state index in [1.807, 2.05) is 36.4 Å². The molecule has 1 saturated carbocycles. The van der Waals surface area contributed by atoms with Crippen molar-refractivity contribution in [1.29, 1.82) is 0 Å². The van der Waals surface area contributed by atoms with E-state index in [-0.39, 0.29) is 11.7 Å². The Labute approximate surface area is 140 Å². The van der Waals surface area contributed by atoms with E-state index in [2.05, 4.69) is 5.32 Å². The summed E-state index contributed by atoms with van der Waals surface area (Å²) in [5, 5.41) is 3.38. The number of hydrogen-bond donors (Lipinski definition) is 1. The Morgan fingerprint density at radius 2 is 1.78 bits per heavy atom. The second kappa shape index (κ2) is 6.80. The second-order valence-electron chi connectivity index (χ2n) is 5.53. The predicted octanol–water partition coefficient (Wildman–Crippen LogP) is 4.34. The molecule has 1 atom stereocenters. The lowest BCUT2D eigenvalue weighted by Crippen LogP contribution is -2.26. The minimum atomic E-state index is -0.611. The van der Waals surface area contributed by atoms with Crippen LogP contribution in [0.2, 0.25) is 5.02 Å². The van der Waals surface area contributed by atoms with Gasteiger partial charge in [-0.2, -0.15) is 0 Å². The van der Waals surface area contributed by atoms with Crippen LogP contribution in [0.4, 0.5) is 5.69 Å². The number of anilines is 1. The topological polar surface area (TPSA) is 46.2 Å². The minimum absolute atomic E-state index is 0.0830. The largest absolute Gasteiger partial charge is 0.325 e. The summed E-state index contributed by atoms with van der Waals surface area (Å²) < 4.78 is 0. The smallest absolute Gasteiger partial charge is 0.235 e. The number of benzene rings is 2. The van der Waals surface area contributed by atoms with E-state index < -0.39 is 5.92 Å². The standard InChI is InChI=1S/C19H16ClNO2/c20-15-7-9-16(10-8-15)21-19(23)17-11-6-14(18(17)22)12-13-4-2-1-3-5-13/h1-5,7-10,12,17H,6,11H2,(H,21,23)/b14-12+/t17-/m1/s1. The number of carbonyl (C=O) groups is 2. The molecule has 1 N–H and O–H groups in total. The van der Waals surface area contributed by atoms with Gasteiger partial charge >= 0.3 is 0 Å². The molecule has 0 radical (unpaired) electrons. The number of Topliss-reactive ketones (excluding diaryl/α,β-unsaturated/α-hetero) is 1. The average molecular weight is 326 g/mol. The first-order chi connectivity index (χ1) is 11.1. The molecule has 0 aliphatic heterocycles. The van der Waals surface area contributed by atoms with Gasteiger partial charge in [-0.15, -0.1) is 0 Å². The lowest BCUT2D eigenvalue weighted by Gasteiger charge is -2.09. The molecule has 2 aromatic carbocycles. The number of amides is 1. The summed E-state index contributed by atoms with van der Waals surface area (Å²) in [7, 11) is 0. The van der Waals surface area contributed by atoms with E-state index in [1.165, 1.54) is 0 Å². The molecular weight excluding hydrogens is 310 g/mol. The van der Waals surface area contributed by atoms with Crippen molar-refractivity contribution in [1.82, 2.24) is 0 Å². The zero-order valence-corrected chi connectivity index (χ0v) is 13.2. The van der Waals surface area contributed by atoms with Gasteiger partial charge in [0.2, 0.25) is 5.91 Å². The highest BCUT2D eigenvalue weighted by molar-refractivity contribution is 6.30. The Kier molecular flexibility index (Phi) is 4.58. The number of ketones is 1. The highest BCUT2D eigenvalue weighted by atomic mass is 35.5. The van der Waals surface area contributed by atoms with Gasteiger partial charge in [0.25, 0.3) is 0 Å². The SMILES string of the molecule is O=C(Nc1ccc(Cl)cc1)[C@@H]1CC/C(=C\c2ccccc2)C1=O. The highest BCUT2D eigenvalue weighted by Gasteiger charge is 2.34. The Hall–Kier alpha value is -2.39. The van der Waals surface area contributed by atoms with Crippen LogP contribution in [0.15, 0.2) is 60.2 Å². The minimum Gasteiger partial charge on any atom is -0.325 e. The molecule has 1 fully saturated rings. The molecule has 0 saturated heterocycles. The zero-order valence-electron chi connectivity index (χ0n) is 12.5. The van der Waals surface area contributed by atoms with E-state index in [4.69, 9.17) is 11.6 Å². The maximum absolute atomic E-state index is 12.4.